The first-order valence-electron chi connectivity index (χ1n) is 10.5. The SMILES string of the molecule is O=c1c2cccnc2cnn1Cc1nc(C2C3CN(c4ccc5ncsc5c4)CC32)no1. The minimum Gasteiger partial charge on any atom is -0.371 e. The lowest BCUT2D eigenvalue weighted by molar-refractivity contribution is 0.358. The highest BCUT2D eigenvalue weighted by Crippen LogP contribution is 2.58. The number of benzene rings is 1. The molecule has 1 saturated heterocycles. The first kappa shape index (κ1) is 18.0. The monoisotopic (exact) mass is 443 g/mol. The van der Waals surface area contributed by atoms with E-state index in [1.165, 1.54) is 15.1 Å². The summed E-state index contributed by atoms with van der Waals surface area (Å²) in [6, 6.07) is 9.95. The van der Waals surface area contributed by atoms with Crippen LogP contribution in [0.5, 0.6) is 0 Å². The lowest BCUT2D eigenvalue weighted by Gasteiger charge is -2.21. The van der Waals surface area contributed by atoms with Crippen molar-refractivity contribution in [2.75, 3.05) is 18.0 Å². The molecular weight excluding hydrogens is 426 g/mol. The van der Waals surface area contributed by atoms with Crippen LogP contribution in [0.3, 0.4) is 0 Å². The molecule has 1 aliphatic heterocycles. The number of hydrogen-bond donors (Lipinski definition) is 0. The molecule has 32 heavy (non-hydrogen) atoms. The molecule has 9 nitrogen and oxygen atoms in total. The second kappa shape index (κ2) is 6.67. The predicted octanol–water partition coefficient (Wildman–Crippen LogP) is 2.68. The number of thiazole rings is 1. The van der Waals surface area contributed by atoms with Crippen molar-refractivity contribution in [3.63, 3.8) is 0 Å². The van der Waals surface area contributed by atoms with Crippen molar-refractivity contribution < 1.29 is 4.52 Å². The van der Waals surface area contributed by atoms with Gasteiger partial charge in [-0.2, -0.15) is 10.1 Å². The van der Waals surface area contributed by atoms with Crippen LogP contribution in [-0.2, 0) is 6.54 Å². The van der Waals surface area contributed by atoms with E-state index in [0.29, 0.717) is 34.5 Å². The smallest absolute Gasteiger partial charge is 0.276 e. The topological polar surface area (TPSA) is 103 Å². The molecule has 0 radical (unpaired) electrons. The van der Waals surface area contributed by atoms with Gasteiger partial charge in [-0.3, -0.25) is 9.78 Å². The van der Waals surface area contributed by atoms with E-state index in [4.69, 9.17) is 4.52 Å². The van der Waals surface area contributed by atoms with E-state index >= 15 is 0 Å². The zero-order valence-corrected chi connectivity index (χ0v) is 17.6. The van der Waals surface area contributed by atoms with Gasteiger partial charge >= 0.3 is 0 Å². The van der Waals surface area contributed by atoms with E-state index in [-0.39, 0.29) is 12.1 Å². The number of piperidine rings is 1. The third-order valence-corrected chi connectivity index (χ3v) is 7.36. The van der Waals surface area contributed by atoms with Gasteiger partial charge in [0.15, 0.2) is 5.82 Å². The first-order chi connectivity index (χ1) is 15.7. The molecular formula is C22H17N7O2S. The molecule has 2 unspecified atom stereocenters. The fourth-order valence-corrected chi connectivity index (χ4v) is 5.60. The molecule has 5 heterocycles. The average molecular weight is 443 g/mol. The summed E-state index contributed by atoms with van der Waals surface area (Å²) in [7, 11) is 0. The molecule has 1 saturated carbocycles. The van der Waals surface area contributed by atoms with Gasteiger partial charge < -0.3 is 9.42 Å². The van der Waals surface area contributed by atoms with E-state index in [1.807, 2.05) is 5.51 Å². The molecule has 0 spiro atoms. The minimum absolute atomic E-state index is 0.152. The zero-order chi connectivity index (χ0) is 21.2. The number of aromatic nitrogens is 6. The van der Waals surface area contributed by atoms with Crippen molar-refractivity contribution in [1.82, 2.24) is 29.9 Å². The molecule has 0 amide bonds. The Morgan fingerprint density at radius 2 is 2.03 bits per heavy atom. The molecule has 5 aromatic rings. The van der Waals surface area contributed by atoms with Crippen LogP contribution >= 0.6 is 11.3 Å². The van der Waals surface area contributed by atoms with Crippen LogP contribution in [0.25, 0.3) is 21.1 Å². The summed E-state index contributed by atoms with van der Waals surface area (Å²) in [6.07, 6.45) is 3.22. The number of fused-ring (bicyclic) bond motifs is 3. The van der Waals surface area contributed by atoms with E-state index in [2.05, 4.69) is 48.3 Å². The Balaban J connectivity index is 1.06. The zero-order valence-electron chi connectivity index (χ0n) is 16.8. The van der Waals surface area contributed by atoms with Crippen molar-refractivity contribution in [2.24, 2.45) is 11.8 Å². The first-order valence-corrected chi connectivity index (χ1v) is 11.3. The Morgan fingerprint density at radius 1 is 1.12 bits per heavy atom. The summed E-state index contributed by atoms with van der Waals surface area (Å²) >= 11 is 1.67. The molecule has 7 rings (SSSR count). The van der Waals surface area contributed by atoms with Gasteiger partial charge in [-0.05, 0) is 42.2 Å². The Kier molecular flexibility index (Phi) is 3.74. The van der Waals surface area contributed by atoms with E-state index in [9.17, 15) is 4.79 Å². The summed E-state index contributed by atoms with van der Waals surface area (Å²) < 4.78 is 8.02. The van der Waals surface area contributed by atoms with E-state index < -0.39 is 0 Å². The van der Waals surface area contributed by atoms with Crippen LogP contribution in [0.4, 0.5) is 5.69 Å². The lowest BCUT2D eigenvalue weighted by atomic mass is 10.2. The third kappa shape index (κ3) is 2.76. The summed E-state index contributed by atoms with van der Waals surface area (Å²) in [5.41, 5.74) is 4.55. The average Bonchev–Trinajstić information content (AvgIpc) is 3.30. The van der Waals surface area contributed by atoms with Crippen LogP contribution < -0.4 is 10.5 Å². The second-order valence-corrected chi connectivity index (χ2v) is 9.24. The van der Waals surface area contributed by atoms with Crippen LogP contribution in [-0.4, -0.2) is 43.0 Å². The standard InChI is InChI=1S/C22H17N7O2S/c30-22-13-2-1-5-23-17(13)7-25-29(22)10-19-26-21(27-31-19)20-14-8-28(9-15(14)20)12-3-4-16-18(6-12)32-11-24-16/h1-7,11,14-15,20H,8-10H2. The molecule has 0 bridgehead atoms. The largest absolute Gasteiger partial charge is 0.371 e. The van der Waals surface area contributed by atoms with Crippen molar-refractivity contribution >= 4 is 38.1 Å². The van der Waals surface area contributed by atoms with Gasteiger partial charge in [-0.1, -0.05) is 5.16 Å². The molecule has 158 valence electrons. The summed E-state index contributed by atoms with van der Waals surface area (Å²) in [5.74, 6) is 2.52. The summed E-state index contributed by atoms with van der Waals surface area (Å²) in [5, 5.41) is 8.93. The summed E-state index contributed by atoms with van der Waals surface area (Å²) in [6.45, 7) is 2.13. The molecule has 1 aromatic carbocycles. The number of hydrogen-bond acceptors (Lipinski definition) is 9. The van der Waals surface area contributed by atoms with Crippen molar-refractivity contribution in [1.29, 1.82) is 0 Å². The molecule has 4 aromatic heterocycles. The molecule has 0 N–H and O–H groups in total. The van der Waals surface area contributed by atoms with Crippen LogP contribution in [0, 0.1) is 11.8 Å². The fourth-order valence-electron chi connectivity index (χ4n) is 4.89. The molecule has 1 aliphatic carbocycles. The number of rotatable bonds is 4. The molecule has 10 heteroatoms. The van der Waals surface area contributed by atoms with Crippen molar-refractivity contribution in [3.8, 4) is 0 Å². The van der Waals surface area contributed by atoms with Crippen molar-refractivity contribution in [2.45, 2.75) is 12.5 Å². The predicted molar refractivity (Wildman–Crippen MR) is 119 cm³/mol. The van der Waals surface area contributed by atoms with Crippen LogP contribution in [0.1, 0.15) is 17.6 Å². The minimum atomic E-state index is -0.216. The van der Waals surface area contributed by atoms with E-state index in [0.717, 1.165) is 24.4 Å². The Morgan fingerprint density at radius 3 is 2.94 bits per heavy atom. The van der Waals surface area contributed by atoms with Gasteiger partial charge in [0.05, 0.1) is 32.8 Å². The van der Waals surface area contributed by atoms with Crippen LogP contribution in [0.15, 0.2) is 57.6 Å². The van der Waals surface area contributed by atoms with Gasteiger partial charge in [-0.15, -0.1) is 11.3 Å². The molecule has 2 aliphatic rings. The van der Waals surface area contributed by atoms with Crippen molar-refractivity contribution in [3.05, 3.63) is 70.3 Å². The second-order valence-electron chi connectivity index (χ2n) is 8.35. The van der Waals surface area contributed by atoms with Gasteiger partial charge in [0, 0.05) is 30.9 Å². The Bertz CT molecular complexity index is 1530. The van der Waals surface area contributed by atoms with Gasteiger partial charge in [0.25, 0.3) is 5.56 Å². The van der Waals surface area contributed by atoms with E-state index in [1.54, 1.807) is 35.9 Å². The number of nitrogens with zero attached hydrogens (tertiary/aromatic N) is 7. The van der Waals surface area contributed by atoms with Gasteiger partial charge in [0.1, 0.15) is 6.54 Å². The number of anilines is 1. The van der Waals surface area contributed by atoms with Crippen LogP contribution in [0.2, 0.25) is 0 Å². The highest BCUT2D eigenvalue weighted by Gasteiger charge is 2.58. The fraction of sp³-hybridized carbons (Fsp3) is 0.273. The Labute approximate surface area is 185 Å². The normalized spacial score (nSPS) is 22.0. The molecule has 2 fully saturated rings. The maximum absolute atomic E-state index is 12.6. The molecule has 2 atom stereocenters. The quantitative estimate of drug-likeness (QED) is 0.418. The maximum Gasteiger partial charge on any atom is 0.276 e. The Hall–Kier alpha value is -3.66. The summed E-state index contributed by atoms with van der Waals surface area (Å²) in [4.78, 5) is 28.2. The van der Waals surface area contributed by atoms with Gasteiger partial charge in [-0.25, -0.2) is 9.67 Å². The lowest BCUT2D eigenvalue weighted by Crippen LogP contribution is -2.24. The highest BCUT2D eigenvalue weighted by atomic mass is 32.1. The van der Waals surface area contributed by atoms with Gasteiger partial charge in [0.2, 0.25) is 5.89 Å². The highest BCUT2D eigenvalue weighted by molar-refractivity contribution is 7.16. The number of pyridine rings is 1. The third-order valence-electron chi connectivity index (χ3n) is 6.56. The maximum atomic E-state index is 12.6.